The van der Waals surface area contributed by atoms with Gasteiger partial charge in [0.15, 0.2) is 0 Å². The van der Waals surface area contributed by atoms with Crippen molar-refractivity contribution in [3.05, 3.63) is 51.7 Å². The molecule has 1 heterocycles. The summed E-state index contributed by atoms with van der Waals surface area (Å²) in [6.45, 7) is 2.59. The first kappa shape index (κ1) is 15.0. The van der Waals surface area contributed by atoms with Crippen LogP contribution in [0.5, 0.6) is 0 Å². The first-order valence-corrected chi connectivity index (χ1v) is 7.25. The smallest absolute Gasteiger partial charge is 0.133 e. The second kappa shape index (κ2) is 6.85. The van der Waals surface area contributed by atoms with Crippen molar-refractivity contribution in [1.29, 1.82) is 0 Å². The minimum atomic E-state index is -0.907. The molecule has 6 heteroatoms. The van der Waals surface area contributed by atoms with E-state index in [0.29, 0.717) is 25.1 Å². The highest BCUT2D eigenvalue weighted by molar-refractivity contribution is 7.09. The van der Waals surface area contributed by atoms with Crippen LogP contribution in [0.25, 0.3) is 0 Å². The van der Waals surface area contributed by atoms with Crippen molar-refractivity contribution >= 4 is 11.3 Å². The zero-order chi connectivity index (χ0) is 14.5. The van der Waals surface area contributed by atoms with Gasteiger partial charge in [-0.3, -0.25) is 4.98 Å². The summed E-state index contributed by atoms with van der Waals surface area (Å²) >= 11 is 1.42. The summed E-state index contributed by atoms with van der Waals surface area (Å²) in [5.74, 6) is -2.63. The van der Waals surface area contributed by atoms with Gasteiger partial charge in [-0.15, -0.1) is 11.3 Å². The van der Waals surface area contributed by atoms with Gasteiger partial charge in [0, 0.05) is 41.2 Å². The fraction of sp³-hybridized carbons (Fsp3) is 0.357. The van der Waals surface area contributed by atoms with E-state index in [9.17, 15) is 13.2 Å². The van der Waals surface area contributed by atoms with Crippen molar-refractivity contribution < 1.29 is 13.2 Å². The molecule has 1 aromatic heterocycles. The monoisotopic (exact) mass is 300 g/mol. The SMILES string of the molecule is CCCNC(Cc1cncs1)c1c(F)cc(F)cc1F. The Bertz CT molecular complexity index is 535. The van der Waals surface area contributed by atoms with Gasteiger partial charge in [-0.05, 0) is 13.0 Å². The molecule has 1 atom stereocenters. The van der Waals surface area contributed by atoms with Crippen LogP contribution in [0.2, 0.25) is 0 Å². The van der Waals surface area contributed by atoms with E-state index in [1.807, 2.05) is 6.92 Å². The van der Waals surface area contributed by atoms with Gasteiger partial charge < -0.3 is 5.32 Å². The van der Waals surface area contributed by atoms with Crippen LogP contribution in [-0.2, 0) is 6.42 Å². The Morgan fingerprint density at radius 3 is 2.50 bits per heavy atom. The van der Waals surface area contributed by atoms with Crippen molar-refractivity contribution in [3.63, 3.8) is 0 Å². The molecular formula is C14H15F3N2S. The van der Waals surface area contributed by atoms with Crippen LogP contribution in [0.1, 0.15) is 29.8 Å². The average Bonchev–Trinajstić information content (AvgIpc) is 2.87. The summed E-state index contributed by atoms with van der Waals surface area (Å²) in [5, 5.41) is 3.10. The van der Waals surface area contributed by atoms with Gasteiger partial charge in [0.25, 0.3) is 0 Å². The average molecular weight is 300 g/mol. The molecule has 0 spiro atoms. The molecule has 0 bridgehead atoms. The zero-order valence-corrected chi connectivity index (χ0v) is 11.8. The second-order valence-electron chi connectivity index (χ2n) is 4.46. The molecule has 1 unspecified atom stereocenters. The maximum atomic E-state index is 13.9. The molecule has 2 nitrogen and oxygen atoms in total. The minimum Gasteiger partial charge on any atom is -0.309 e. The highest BCUT2D eigenvalue weighted by Crippen LogP contribution is 2.26. The lowest BCUT2D eigenvalue weighted by Crippen LogP contribution is -2.26. The predicted octanol–water partition coefficient (Wildman–Crippen LogP) is 3.84. The number of halogens is 3. The fourth-order valence-electron chi connectivity index (χ4n) is 2.03. The molecule has 0 radical (unpaired) electrons. The predicted molar refractivity (Wildman–Crippen MR) is 73.2 cm³/mol. The summed E-state index contributed by atoms with van der Waals surface area (Å²) in [4.78, 5) is 4.87. The molecule has 0 amide bonds. The van der Waals surface area contributed by atoms with Crippen molar-refractivity contribution in [3.8, 4) is 0 Å². The number of nitrogens with zero attached hydrogens (tertiary/aromatic N) is 1. The molecule has 0 aliphatic carbocycles. The van der Waals surface area contributed by atoms with Gasteiger partial charge in [0.05, 0.1) is 5.51 Å². The van der Waals surface area contributed by atoms with Crippen LogP contribution < -0.4 is 5.32 Å². The van der Waals surface area contributed by atoms with Gasteiger partial charge >= 0.3 is 0 Å². The number of nitrogens with one attached hydrogen (secondary N) is 1. The third kappa shape index (κ3) is 3.58. The topological polar surface area (TPSA) is 24.9 Å². The maximum Gasteiger partial charge on any atom is 0.133 e. The molecule has 2 aromatic rings. The summed E-state index contributed by atoms with van der Waals surface area (Å²) in [6.07, 6.45) is 2.93. The van der Waals surface area contributed by atoms with E-state index in [-0.39, 0.29) is 5.56 Å². The van der Waals surface area contributed by atoms with Gasteiger partial charge in [0.2, 0.25) is 0 Å². The number of rotatable bonds is 6. The molecule has 108 valence electrons. The van der Waals surface area contributed by atoms with Crippen LogP contribution in [-0.4, -0.2) is 11.5 Å². The standard InChI is InChI=1S/C14H15F3N2S/c1-2-3-19-13(6-10-7-18-8-20-10)14-11(16)4-9(15)5-12(14)17/h4-5,7-8,13,19H,2-3,6H2,1H3. The Labute approximate surface area is 119 Å². The van der Waals surface area contributed by atoms with E-state index < -0.39 is 23.5 Å². The lowest BCUT2D eigenvalue weighted by molar-refractivity contribution is 0.456. The minimum absolute atomic E-state index is 0.117. The van der Waals surface area contributed by atoms with Crippen LogP contribution >= 0.6 is 11.3 Å². The molecule has 0 aliphatic heterocycles. The number of thiazole rings is 1. The summed E-state index contributed by atoms with van der Waals surface area (Å²) in [7, 11) is 0. The molecule has 0 saturated heterocycles. The highest BCUT2D eigenvalue weighted by Gasteiger charge is 2.21. The van der Waals surface area contributed by atoms with Gasteiger partial charge in [-0.25, -0.2) is 13.2 Å². The Morgan fingerprint density at radius 2 is 1.95 bits per heavy atom. The molecular weight excluding hydrogens is 285 g/mol. The number of hydrogen-bond donors (Lipinski definition) is 1. The third-order valence-electron chi connectivity index (χ3n) is 2.92. The van der Waals surface area contributed by atoms with Crippen LogP contribution in [0.15, 0.2) is 23.8 Å². The molecule has 0 aliphatic rings. The van der Waals surface area contributed by atoms with E-state index in [1.165, 1.54) is 11.3 Å². The molecule has 0 saturated carbocycles. The highest BCUT2D eigenvalue weighted by atomic mass is 32.1. The molecule has 2 rings (SSSR count). The van der Waals surface area contributed by atoms with Crippen LogP contribution in [0.4, 0.5) is 13.2 Å². The summed E-state index contributed by atoms with van der Waals surface area (Å²) < 4.78 is 40.8. The van der Waals surface area contributed by atoms with Crippen LogP contribution in [0.3, 0.4) is 0 Å². The summed E-state index contributed by atoms with van der Waals surface area (Å²) in [6, 6.07) is 0.897. The number of benzene rings is 1. The van der Waals surface area contributed by atoms with Crippen LogP contribution in [0, 0.1) is 17.5 Å². The normalized spacial score (nSPS) is 12.6. The quantitative estimate of drug-likeness (QED) is 0.876. The van der Waals surface area contributed by atoms with Crippen molar-refractivity contribution in [1.82, 2.24) is 10.3 Å². The van der Waals surface area contributed by atoms with Crippen molar-refractivity contribution in [2.24, 2.45) is 0 Å². The van der Waals surface area contributed by atoms with Crippen molar-refractivity contribution in [2.45, 2.75) is 25.8 Å². The van der Waals surface area contributed by atoms with E-state index >= 15 is 0 Å². The fourth-order valence-corrected chi connectivity index (χ4v) is 2.67. The van der Waals surface area contributed by atoms with Crippen molar-refractivity contribution in [2.75, 3.05) is 6.54 Å². The van der Waals surface area contributed by atoms with Gasteiger partial charge in [-0.1, -0.05) is 6.92 Å². The lowest BCUT2D eigenvalue weighted by atomic mass is 10.0. The third-order valence-corrected chi connectivity index (χ3v) is 3.72. The summed E-state index contributed by atoms with van der Waals surface area (Å²) in [5.41, 5.74) is 1.55. The van der Waals surface area contributed by atoms with E-state index in [1.54, 1.807) is 11.7 Å². The second-order valence-corrected chi connectivity index (χ2v) is 5.43. The molecule has 0 fully saturated rings. The lowest BCUT2D eigenvalue weighted by Gasteiger charge is -2.19. The zero-order valence-electron chi connectivity index (χ0n) is 11.0. The Morgan fingerprint density at radius 1 is 1.25 bits per heavy atom. The Hall–Kier alpha value is -1.40. The number of hydrogen-bond acceptors (Lipinski definition) is 3. The largest absolute Gasteiger partial charge is 0.309 e. The maximum absolute atomic E-state index is 13.9. The Balaban J connectivity index is 2.30. The molecule has 1 aromatic carbocycles. The molecule has 1 N–H and O–H groups in total. The van der Waals surface area contributed by atoms with E-state index in [0.717, 1.165) is 11.3 Å². The van der Waals surface area contributed by atoms with E-state index in [4.69, 9.17) is 0 Å². The van der Waals surface area contributed by atoms with E-state index in [2.05, 4.69) is 10.3 Å². The van der Waals surface area contributed by atoms with Gasteiger partial charge in [0.1, 0.15) is 17.5 Å². The molecule has 20 heavy (non-hydrogen) atoms. The first-order valence-electron chi connectivity index (χ1n) is 6.37. The number of aromatic nitrogens is 1. The van der Waals surface area contributed by atoms with Gasteiger partial charge in [-0.2, -0.15) is 0 Å². The Kier molecular flexibility index (Phi) is 5.14. The first-order chi connectivity index (χ1) is 9.61.